The van der Waals surface area contributed by atoms with E-state index in [2.05, 4.69) is 16.0 Å². The molecule has 28 heavy (non-hydrogen) atoms. The summed E-state index contributed by atoms with van der Waals surface area (Å²) >= 11 is 11.9. The van der Waals surface area contributed by atoms with Gasteiger partial charge in [-0.1, -0.05) is 23.2 Å². The molecule has 3 rings (SSSR count). The van der Waals surface area contributed by atoms with E-state index in [-0.39, 0.29) is 28.7 Å². The van der Waals surface area contributed by atoms with Crippen LogP contribution in [0.1, 0.15) is 33.6 Å². The molecule has 6 nitrogen and oxygen atoms in total. The quantitative estimate of drug-likeness (QED) is 0.600. The second kappa shape index (κ2) is 9.08. The van der Waals surface area contributed by atoms with Crippen LogP contribution in [0.4, 0.5) is 5.69 Å². The minimum Gasteiger partial charge on any atom is -0.354 e. The van der Waals surface area contributed by atoms with Gasteiger partial charge < -0.3 is 16.0 Å². The Balaban J connectivity index is 1.48. The minimum atomic E-state index is -0.370. The van der Waals surface area contributed by atoms with Crippen molar-refractivity contribution in [3.63, 3.8) is 0 Å². The standard InChI is InChI=1S/C20H19Cl2N3O3/c21-14-5-8-16(17(22)11-14)20(28)25-15-6-3-13(4-7-15)19(27)24-10-9-23-18(26)12-1-2-12/h3-8,11-12H,1-2,9-10H2,(H,23,26)(H,24,27)(H,25,28). The van der Waals surface area contributed by atoms with E-state index in [0.29, 0.717) is 34.9 Å². The number of carbonyl (C=O) groups is 3. The lowest BCUT2D eigenvalue weighted by Gasteiger charge is -2.09. The second-order valence-electron chi connectivity index (χ2n) is 6.48. The average molecular weight is 420 g/mol. The molecule has 1 aliphatic carbocycles. The van der Waals surface area contributed by atoms with E-state index in [1.807, 2.05) is 0 Å². The number of anilines is 1. The smallest absolute Gasteiger partial charge is 0.257 e. The Kier molecular flexibility index (Phi) is 6.54. The van der Waals surface area contributed by atoms with Crippen LogP contribution < -0.4 is 16.0 Å². The predicted octanol–water partition coefficient (Wildman–Crippen LogP) is 3.50. The third-order valence-corrected chi connectivity index (χ3v) is 4.79. The van der Waals surface area contributed by atoms with E-state index in [4.69, 9.17) is 23.2 Å². The van der Waals surface area contributed by atoms with Crippen molar-refractivity contribution in [1.29, 1.82) is 0 Å². The summed E-state index contributed by atoms with van der Waals surface area (Å²) in [6.45, 7) is 0.752. The zero-order valence-electron chi connectivity index (χ0n) is 14.9. The molecular formula is C20H19Cl2N3O3. The lowest BCUT2D eigenvalue weighted by Crippen LogP contribution is -2.35. The molecule has 1 fully saturated rings. The number of rotatable bonds is 7. The molecule has 0 unspecified atom stereocenters. The number of hydrogen-bond acceptors (Lipinski definition) is 3. The lowest BCUT2D eigenvalue weighted by atomic mass is 10.1. The minimum absolute atomic E-state index is 0.0511. The molecule has 3 amide bonds. The van der Waals surface area contributed by atoms with Gasteiger partial charge in [0.15, 0.2) is 0 Å². The normalized spacial score (nSPS) is 12.9. The first-order chi connectivity index (χ1) is 13.4. The number of benzene rings is 2. The third-order valence-electron chi connectivity index (χ3n) is 4.24. The van der Waals surface area contributed by atoms with E-state index < -0.39 is 0 Å². The first-order valence-corrected chi connectivity index (χ1v) is 9.62. The molecule has 0 aliphatic heterocycles. The van der Waals surface area contributed by atoms with Crippen molar-refractivity contribution >= 4 is 46.6 Å². The molecule has 0 spiro atoms. The molecule has 3 N–H and O–H groups in total. The molecule has 8 heteroatoms. The molecule has 0 heterocycles. The largest absolute Gasteiger partial charge is 0.354 e. The van der Waals surface area contributed by atoms with Crippen LogP contribution in [-0.4, -0.2) is 30.8 Å². The van der Waals surface area contributed by atoms with Crippen LogP contribution in [0.3, 0.4) is 0 Å². The fourth-order valence-electron chi connectivity index (χ4n) is 2.53. The maximum atomic E-state index is 12.3. The van der Waals surface area contributed by atoms with E-state index in [1.54, 1.807) is 36.4 Å². The van der Waals surface area contributed by atoms with Crippen LogP contribution in [0, 0.1) is 5.92 Å². The Bertz CT molecular complexity index is 896. The molecule has 2 aromatic carbocycles. The van der Waals surface area contributed by atoms with Crippen molar-refractivity contribution in [2.75, 3.05) is 18.4 Å². The number of hydrogen-bond donors (Lipinski definition) is 3. The summed E-state index contributed by atoms with van der Waals surface area (Å²) in [6, 6.07) is 11.1. The zero-order chi connectivity index (χ0) is 20.1. The van der Waals surface area contributed by atoms with E-state index in [9.17, 15) is 14.4 Å². The molecule has 0 saturated heterocycles. The van der Waals surface area contributed by atoms with Crippen LogP contribution in [0.25, 0.3) is 0 Å². The SMILES string of the molecule is O=C(NCCNC(=O)C1CC1)c1ccc(NC(=O)c2ccc(Cl)cc2Cl)cc1. The summed E-state index contributed by atoms with van der Waals surface area (Å²) in [5.41, 5.74) is 1.29. The second-order valence-corrected chi connectivity index (χ2v) is 7.32. The molecule has 0 bridgehead atoms. The van der Waals surface area contributed by atoms with Crippen LogP contribution in [-0.2, 0) is 4.79 Å². The highest BCUT2D eigenvalue weighted by molar-refractivity contribution is 6.37. The summed E-state index contributed by atoms with van der Waals surface area (Å²) in [4.78, 5) is 35.9. The molecule has 1 aliphatic rings. The van der Waals surface area contributed by atoms with E-state index >= 15 is 0 Å². The number of halogens is 2. The van der Waals surface area contributed by atoms with Gasteiger partial charge in [-0.25, -0.2) is 0 Å². The topological polar surface area (TPSA) is 87.3 Å². The van der Waals surface area contributed by atoms with Gasteiger partial charge >= 0.3 is 0 Å². The molecule has 146 valence electrons. The van der Waals surface area contributed by atoms with Crippen LogP contribution in [0.5, 0.6) is 0 Å². The van der Waals surface area contributed by atoms with Gasteiger partial charge in [-0.2, -0.15) is 0 Å². The monoisotopic (exact) mass is 419 g/mol. The van der Waals surface area contributed by atoms with Crippen molar-refractivity contribution in [2.45, 2.75) is 12.8 Å². The summed E-state index contributed by atoms with van der Waals surface area (Å²) in [5, 5.41) is 8.95. The van der Waals surface area contributed by atoms with Gasteiger partial charge in [-0.05, 0) is 55.3 Å². The Labute approximate surface area is 172 Å². The summed E-state index contributed by atoms with van der Waals surface area (Å²) in [5.74, 6) is -0.416. The Morgan fingerprint density at radius 2 is 1.57 bits per heavy atom. The third kappa shape index (κ3) is 5.47. The van der Waals surface area contributed by atoms with Crippen molar-refractivity contribution < 1.29 is 14.4 Å². The Morgan fingerprint density at radius 1 is 0.893 bits per heavy atom. The van der Waals surface area contributed by atoms with E-state index in [0.717, 1.165) is 12.8 Å². The van der Waals surface area contributed by atoms with Crippen molar-refractivity contribution in [3.05, 3.63) is 63.6 Å². The fourth-order valence-corrected chi connectivity index (χ4v) is 3.02. The predicted molar refractivity (Wildman–Crippen MR) is 109 cm³/mol. The van der Waals surface area contributed by atoms with Crippen LogP contribution in [0.2, 0.25) is 10.0 Å². The summed E-state index contributed by atoms with van der Waals surface area (Å²) < 4.78 is 0. The molecule has 2 aromatic rings. The highest BCUT2D eigenvalue weighted by atomic mass is 35.5. The first kappa shape index (κ1) is 20.2. The van der Waals surface area contributed by atoms with Crippen molar-refractivity contribution in [1.82, 2.24) is 10.6 Å². The Hall–Kier alpha value is -2.57. The summed E-state index contributed by atoms with van der Waals surface area (Å²) in [7, 11) is 0. The van der Waals surface area contributed by atoms with Gasteiger partial charge in [0.2, 0.25) is 5.91 Å². The van der Waals surface area contributed by atoms with Gasteiger partial charge in [0.25, 0.3) is 11.8 Å². The number of nitrogens with one attached hydrogen (secondary N) is 3. The molecular weight excluding hydrogens is 401 g/mol. The highest BCUT2D eigenvalue weighted by Crippen LogP contribution is 2.28. The van der Waals surface area contributed by atoms with Crippen LogP contribution in [0.15, 0.2) is 42.5 Å². The highest BCUT2D eigenvalue weighted by Gasteiger charge is 2.29. The van der Waals surface area contributed by atoms with Crippen molar-refractivity contribution in [3.8, 4) is 0 Å². The molecule has 0 aromatic heterocycles. The molecule has 0 radical (unpaired) electrons. The van der Waals surface area contributed by atoms with Crippen LogP contribution >= 0.6 is 23.2 Å². The maximum absolute atomic E-state index is 12.3. The van der Waals surface area contributed by atoms with Crippen molar-refractivity contribution in [2.24, 2.45) is 5.92 Å². The molecule has 0 atom stereocenters. The number of carbonyl (C=O) groups excluding carboxylic acids is 3. The summed E-state index contributed by atoms with van der Waals surface area (Å²) in [6.07, 6.45) is 1.90. The zero-order valence-corrected chi connectivity index (χ0v) is 16.4. The molecule has 1 saturated carbocycles. The fraction of sp³-hybridized carbons (Fsp3) is 0.250. The lowest BCUT2D eigenvalue weighted by molar-refractivity contribution is -0.122. The van der Waals surface area contributed by atoms with E-state index in [1.165, 1.54) is 6.07 Å². The van der Waals surface area contributed by atoms with Gasteiger partial charge in [-0.3, -0.25) is 14.4 Å². The number of amides is 3. The average Bonchev–Trinajstić information content (AvgIpc) is 3.50. The Morgan fingerprint density at radius 3 is 2.21 bits per heavy atom. The maximum Gasteiger partial charge on any atom is 0.257 e. The van der Waals surface area contributed by atoms with Gasteiger partial charge in [0.05, 0.1) is 10.6 Å². The van der Waals surface area contributed by atoms with Gasteiger partial charge in [0, 0.05) is 35.3 Å². The van der Waals surface area contributed by atoms with Gasteiger partial charge in [0.1, 0.15) is 0 Å². The first-order valence-electron chi connectivity index (χ1n) is 8.86. The van der Waals surface area contributed by atoms with Gasteiger partial charge in [-0.15, -0.1) is 0 Å².